The van der Waals surface area contributed by atoms with E-state index in [2.05, 4.69) is 26.0 Å². The molecule has 162 valence electrons. The van der Waals surface area contributed by atoms with Crippen LogP contribution in [0, 0.1) is 5.82 Å². The second-order valence-corrected chi connectivity index (χ2v) is 8.93. The van der Waals surface area contributed by atoms with E-state index in [4.69, 9.17) is 4.42 Å². The van der Waals surface area contributed by atoms with Gasteiger partial charge in [0.15, 0.2) is 0 Å². The van der Waals surface area contributed by atoms with Gasteiger partial charge in [0.25, 0.3) is 5.91 Å². The van der Waals surface area contributed by atoms with Crippen LogP contribution in [-0.4, -0.2) is 17.1 Å². The van der Waals surface area contributed by atoms with Crippen LogP contribution in [0.3, 0.4) is 0 Å². The zero-order valence-corrected chi connectivity index (χ0v) is 19.1. The number of fused-ring (bicyclic) bond motifs is 2. The highest BCUT2D eigenvalue weighted by atomic mass is 79.9. The van der Waals surface area contributed by atoms with E-state index in [9.17, 15) is 14.0 Å². The van der Waals surface area contributed by atoms with E-state index >= 15 is 0 Å². The predicted molar refractivity (Wildman–Crippen MR) is 131 cm³/mol. The van der Waals surface area contributed by atoms with E-state index in [1.807, 2.05) is 24.3 Å². The fourth-order valence-electron chi connectivity index (χ4n) is 3.16. The Kier molecular flexibility index (Phi) is 5.57. The molecule has 0 bridgehead atoms. The van der Waals surface area contributed by atoms with Crippen molar-refractivity contribution in [3.05, 3.63) is 105 Å². The maximum Gasteiger partial charge on any atom is 0.349 e. The van der Waals surface area contributed by atoms with Gasteiger partial charge in [-0.25, -0.2) is 14.2 Å². The number of aromatic nitrogens is 1. The maximum atomic E-state index is 13.7. The number of rotatable bonds is 4. The van der Waals surface area contributed by atoms with Gasteiger partial charge in [-0.2, -0.15) is 10.1 Å². The lowest BCUT2D eigenvalue weighted by Gasteiger charge is -2.13. The number of hydrazone groups is 1. The highest BCUT2D eigenvalue weighted by molar-refractivity contribution is 9.10. The molecule has 3 aromatic carbocycles. The van der Waals surface area contributed by atoms with E-state index in [1.54, 1.807) is 24.3 Å². The first-order valence-electron chi connectivity index (χ1n) is 9.71. The average Bonchev–Trinajstić information content (AvgIpc) is 3.22. The highest BCUT2D eigenvalue weighted by Crippen LogP contribution is 2.30. The van der Waals surface area contributed by atoms with Gasteiger partial charge in [-0.15, -0.1) is 0 Å². The number of thiazole rings is 1. The number of anilines is 1. The van der Waals surface area contributed by atoms with Crippen molar-refractivity contribution < 1.29 is 13.6 Å². The standard InChI is InChI=1S/C24H13BrFN3O3S/c25-16-7-5-14(6-8-16)13-27-29(24-28-19-10-9-17(26)12-21(19)33-24)22(30)18-11-15-3-1-2-4-20(15)32-23(18)31/h1-13H/b27-13+. The molecule has 33 heavy (non-hydrogen) atoms. The van der Waals surface area contributed by atoms with Crippen LogP contribution in [-0.2, 0) is 0 Å². The third-order valence-corrected chi connectivity index (χ3v) is 6.30. The SMILES string of the molecule is O=C(c1cc2ccccc2oc1=O)N(/N=C/c1ccc(Br)cc1)c1nc2ccc(F)cc2s1. The van der Waals surface area contributed by atoms with Crippen molar-refractivity contribution in [1.82, 2.24) is 4.98 Å². The average molecular weight is 522 g/mol. The van der Waals surface area contributed by atoms with Crippen molar-refractivity contribution in [2.24, 2.45) is 5.10 Å². The number of nitrogens with zero attached hydrogens (tertiary/aromatic N) is 3. The summed E-state index contributed by atoms with van der Waals surface area (Å²) in [4.78, 5) is 30.5. The molecule has 0 spiro atoms. The summed E-state index contributed by atoms with van der Waals surface area (Å²) in [5.74, 6) is -1.12. The monoisotopic (exact) mass is 521 g/mol. The number of carbonyl (C=O) groups excluding carboxylic acids is 1. The molecule has 0 radical (unpaired) electrons. The largest absolute Gasteiger partial charge is 0.422 e. The quantitative estimate of drug-likeness (QED) is 0.165. The summed E-state index contributed by atoms with van der Waals surface area (Å²) in [6, 6.07) is 19.8. The van der Waals surface area contributed by atoms with Crippen LogP contribution < -0.4 is 10.6 Å². The summed E-state index contributed by atoms with van der Waals surface area (Å²) >= 11 is 4.47. The van der Waals surface area contributed by atoms with Crippen LogP contribution in [0.5, 0.6) is 0 Å². The van der Waals surface area contributed by atoms with Gasteiger partial charge < -0.3 is 4.42 Å². The van der Waals surface area contributed by atoms with E-state index in [0.717, 1.165) is 26.4 Å². The summed E-state index contributed by atoms with van der Waals surface area (Å²) in [6.07, 6.45) is 1.49. The maximum absolute atomic E-state index is 13.7. The molecule has 0 aliphatic carbocycles. The fourth-order valence-corrected chi connectivity index (χ4v) is 4.38. The first-order valence-corrected chi connectivity index (χ1v) is 11.3. The first-order chi connectivity index (χ1) is 16.0. The van der Waals surface area contributed by atoms with Gasteiger partial charge in [-0.1, -0.05) is 57.6 Å². The fraction of sp³-hybridized carbons (Fsp3) is 0. The van der Waals surface area contributed by atoms with E-state index < -0.39 is 17.3 Å². The minimum atomic E-state index is -0.783. The highest BCUT2D eigenvalue weighted by Gasteiger charge is 2.25. The molecular formula is C24H13BrFN3O3S. The number of hydrogen-bond acceptors (Lipinski definition) is 6. The lowest BCUT2D eigenvalue weighted by Crippen LogP contribution is -2.30. The molecular weight excluding hydrogens is 509 g/mol. The molecule has 1 amide bonds. The molecule has 0 fully saturated rings. The van der Waals surface area contributed by atoms with Crippen LogP contribution in [0.25, 0.3) is 21.2 Å². The van der Waals surface area contributed by atoms with Crippen molar-refractivity contribution in [1.29, 1.82) is 0 Å². The van der Waals surface area contributed by atoms with Gasteiger partial charge >= 0.3 is 5.63 Å². The molecule has 0 N–H and O–H groups in total. The number of para-hydroxylation sites is 1. The number of benzene rings is 3. The van der Waals surface area contributed by atoms with Crippen molar-refractivity contribution in [2.45, 2.75) is 0 Å². The van der Waals surface area contributed by atoms with E-state index in [-0.39, 0.29) is 10.7 Å². The molecule has 6 nitrogen and oxygen atoms in total. The third kappa shape index (κ3) is 4.33. The topological polar surface area (TPSA) is 75.8 Å². The lowest BCUT2D eigenvalue weighted by molar-refractivity contribution is 0.0984. The zero-order chi connectivity index (χ0) is 22.9. The summed E-state index contributed by atoms with van der Waals surface area (Å²) in [5.41, 5.74) is 0.647. The minimum absolute atomic E-state index is 0.188. The van der Waals surface area contributed by atoms with Gasteiger partial charge in [0.2, 0.25) is 5.13 Å². The Balaban J connectivity index is 1.62. The van der Waals surface area contributed by atoms with Gasteiger partial charge in [0.05, 0.1) is 16.4 Å². The first kappa shape index (κ1) is 21.2. The van der Waals surface area contributed by atoms with Crippen molar-refractivity contribution in [3.8, 4) is 0 Å². The second kappa shape index (κ2) is 8.68. The Labute approximate surface area is 198 Å². The number of amides is 1. The Morgan fingerprint density at radius 3 is 2.70 bits per heavy atom. The molecule has 2 aromatic heterocycles. The van der Waals surface area contributed by atoms with Crippen LogP contribution in [0.1, 0.15) is 15.9 Å². The van der Waals surface area contributed by atoms with Crippen LogP contribution >= 0.6 is 27.3 Å². The second-order valence-electron chi connectivity index (χ2n) is 7.01. The lowest BCUT2D eigenvalue weighted by atomic mass is 10.2. The van der Waals surface area contributed by atoms with Crippen molar-refractivity contribution in [3.63, 3.8) is 0 Å². The Bertz CT molecular complexity index is 1590. The normalized spacial score (nSPS) is 11.5. The molecule has 0 unspecified atom stereocenters. The molecule has 0 atom stereocenters. The number of carbonyl (C=O) groups is 1. The van der Waals surface area contributed by atoms with Crippen molar-refractivity contribution in [2.75, 3.05) is 5.01 Å². The molecule has 2 heterocycles. The Hall–Kier alpha value is -3.69. The smallest absolute Gasteiger partial charge is 0.349 e. The van der Waals surface area contributed by atoms with Crippen LogP contribution in [0.15, 0.2) is 91.6 Å². The molecule has 5 aromatic rings. The number of halogens is 2. The van der Waals surface area contributed by atoms with Crippen LogP contribution in [0.4, 0.5) is 9.52 Å². The van der Waals surface area contributed by atoms with Crippen molar-refractivity contribution >= 4 is 65.7 Å². The third-order valence-electron chi connectivity index (χ3n) is 4.78. The van der Waals surface area contributed by atoms with Gasteiger partial charge in [0.1, 0.15) is 17.0 Å². The van der Waals surface area contributed by atoms with Crippen LogP contribution in [0.2, 0.25) is 0 Å². The van der Waals surface area contributed by atoms with E-state index in [1.165, 1.54) is 30.5 Å². The summed E-state index contributed by atoms with van der Waals surface area (Å²) in [5, 5.41) is 6.16. The van der Waals surface area contributed by atoms with Gasteiger partial charge in [0, 0.05) is 9.86 Å². The molecule has 0 saturated carbocycles. The molecule has 5 rings (SSSR count). The Morgan fingerprint density at radius 2 is 1.88 bits per heavy atom. The van der Waals surface area contributed by atoms with E-state index in [0.29, 0.717) is 21.2 Å². The number of hydrogen-bond donors (Lipinski definition) is 0. The molecule has 0 aliphatic rings. The summed E-state index contributed by atoms with van der Waals surface area (Å²) < 4.78 is 20.5. The Morgan fingerprint density at radius 1 is 1.09 bits per heavy atom. The molecule has 0 saturated heterocycles. The molecule has 9 heteroatoms. The summed E-state index contributed by atoms with van der Waals surface area (Å²) in [7, 11) is 0. The zero-order valence-electron chi connectivity index (χ0n) is 16.7. The summed E-state index contributed by atoms with van der Waals surface area (Å²) in [6.45, 7) is 0. The van der Waals surface area contributed by atoms with Gasteiger partial charge in [-0.3, -0.25) is 4.79 Å². The van der Waals surface area contributed by atoms with Gasteiger partial charge in [-0.05, 0) is 48.0 Å². The minimum Gasteiger partial charge on any atom is -0.422 e. The predicted octanol–water partition coefficient (Wildman–Crippen LogP) is 5.99. The molecule has 0 aliphatic heterocycles.